The average molecular weight is 502 g/mol. The van der Waals surface area contributed by atoms with Crippen LogP contribution >= 0.6 is 0 Å². The predicted molar refractivity (Wildman–Crippen MR) is 137 cm³/mol. The number of fused-ring (bicyclic) bond motifs is 1. The zero-order chi connectivity index (χ0) is 25.9. The molecule has 0 saturated heterocycles. The predicted octanol–water partition coefficient (Wildman–Crippen LogP) is 5.77. The maximum absolute atomic E-state index is 13.7. The van der Waals surface area contributed by atoms with E-state index in [1.165, 1.54) is 12.1 Å². The SMILES string of the molecule is CCCOc1ccc(C2c3c(-c4ccc(OC)cc4)n[nH]c3C(=O)N2Cc2ccc(F)cc2)cc1OC. The van der Waals surface area contributed by atoms with E-state index in [-0.39, 0.29) is 11.7 Å². The molecule has 8 heteroatoms. The van der Waals surface area contributed by atoms with Crippen LogP contribution in [0.25, 0.3) is 11.3 Å². The molecular weight excluding hydrogens is 473 g/mol. The molecule has 0 saturated carbocycles. The highest BCUT2D eigenvalue weighted by atomic mass is 19.1. The molecule has 1 amide bonds. The zero-order valence-corrected chi connectivity index (χ0v) is 21.0. The summed E-state index contributed by atoms with van der Waals surface area (Å²) in [5, 5.41) is 7.49. The second-order valence-corrected chi connectivity index (χ2v) is 8.81. The van der Waals surface area contributed by atoms with Gasteiger partial charge in [0, 0.05) is 17.7 Å². The Kier molecular flexibility index (Phi) is 6.81. The third kappa shape index (κ3) is 4.62. The molecule has 1 aliphatic rings. The van der Waals surface area contributed by atoms with Crippen LogP contribution in [0.3, 0.4) is 0 Å². The maximum Gasteiger partial charge on any atom is 0.273 e. The summed E-state index contributed by atoms with van der Waals surface area (Å²) in [5.74, 6) is 1.46. The van der Waals surface area contributed by atoms with Crippen LogP contribution in [0.5, 0.6) is 17.2 Å². The van der Waals surface area contributed by atoms with Crippen LogP contribution in [0.15, 0.2) is 66.7 Å². The van der Waals surface area contributed by atoms with Gasteiger partial charge >= 0.3 is 0 Å². The molecule has 1 aliphatic heterocycles. The Morgan fingerprint density at radius 1 is 0.973 bits per heavy atom. The number of nitrogens with zero attached hydrogens (tertiary/aromatic N) is 2. The van der Waals surface area contributed by atoms with E-state index in [0.717, 1.165) is 34.4 Å². The van der Waals surface area contributed by atoms with Gasteiger partial charge in [-0.1, -0.05) is 25.1 Å². The fourth-order valence-electron chi connectivity index (χ4n) is 4.65. The van der Waals surface area contributed by atoms with Crippen molar-refractivity contribution >= 4 is 5.91 Å². The monoisotopic (exact) mass is 501 g/mol. The molecule has 1 N–H and O–H groups in total. The van der Waals surface area contributed by atoms with Crippen molar-refractivity contribution in [2.45, 2.75) is 25.9 Å². The van der Waals surface area contributed by atoms with E-state index in [2.05, 4.69) is 10.2 Å². The van der Waals surface area contributed by atoms with Gasteiger partial charge in [-0.15, -0.1) is 0 Å². The van der Waals surface area contributed by atoms with Crippen molar-refractivity contribution in [1.29, 1.82) is 0 Å². The van der Waals surface area contributed by atoms with Crippen molar-refractivity contribution in [1.82, 2.24) is 15.1 Å². The quantitative estimate of drug-likeness (QED) is 0.315. The Morgan fingerprint density at radius 2 is 1.73 bits per heavy atom. The van der Waals surface area contributed by atoms with Gasteiger partial charge in [0.1, 0.15) is 17.3 Å². The molecule has 7 nitrogen and oxygen atoms in total. The molecule has 0 radical (unpaired) electrons. The van der Waals surface area contributed by atoms with Gasteiger partial charge in [-0.2, -0.15) is 5.10 Å². The fraction of sp³-hybridized carbons (Fsp3) is 0.241. The second-order valence-electron chi connectivity index (χ2n) is 8.81. The number of ether oxygens (including phenoxy) is 3. The van der Waals surface area contributed by atoms with E-state index in [1.54, 1.807) is 31.3 Å². The van der Waals surface area contributed by atoms with Crippen molar-refractivity contribution in [3.05, 3.63) is 94.9 Å². The Hall–Kier alpha value is -4.33. The normalized spacial score (nSPS) is 14.5. The minimum Gasteiger partial charge on any atom is -0.497 e. The highest BCUT2D eigenvalue weighted by molar-refractivity contribution is 6.00. The number of carbonyl (C=O) groups is 1. The summed E-state index contributed by atoms with van der Waals surface area (Å²) in [6.45, 7) is 2.91. The van der Waals surface area contributed by atoms with E-state index < -0.39 is 6.04 Å². The number of rotatable bonds is 9. The van der Waals surface area contributed by atoms with Crippen LogP contribution < -0.4 is 14.2 Å². The summed E-state index contributed by atoms with van der Waals surface area (Å²) < 4.78 is 30.3. The minimum absolute atomic E-state index is 0.179. The molecular formula is C29H28FN3O4. The van der Waals surface area contributed by atoms with Gasteiger partial charge in [0.15, 0.2) is 11.5 Å². The third-order valence-corrected chi connectivity index (χ3v) is 6.46. The number of hydrogen-bond acceptors (Lipinski definition) is 5. The number of halogens is 1. The summed E-state index contributed by atoms with van der Waals surface area (Å²) in [4.78, 5) is 15.4. The Morgan fingerprint density at radius 3 is 2.41 bits per heavy atom. The smallest absolute Gasteiger partial charge is 0.273 e. The van der Waals surface area contributed by atoms with E-state index in [1.807, 2.05) is 49.4 Å². The molecule has 0 spiro atoms. The number of hydrogen-bond donors (Lipinski definition) is 1. The number of carbonyl (C=O) groups excluding carboxylic acids is 1. The lowest BCUT2D eigenvalue weighted by Gasteiger charge is -2.27. The van der Waals surface area contributed by atoms with Crippen LogP contribution in [-0.4, -0.2) is 41.8 Å². The summed E-state index contributed by atoms with van der Waals surface area (Å²) >= 11 is 0. The Labute approximate surface area is 214 Å². The van der Waals surface area contributed by atoms with Crippen molar-refractivity contribution in [2.75, 3.05) is 20.8 Å². The Balaban J connectivity index is 1.61. The largest absolute Gasteiger partial charge is 0.497 e. The van der Waals surface area contributed by atoms with Gasteiger partial charge in [0.2, 0.25) is 0 Å². The molecule has 1 atom stereocenters. The van der Waals surface area contributed by atoms with Crippen molar-refractivity contribution in [2.24, 2.45) is 0 Å². The molecule has 2 heterocycles. The molecule has 0 aliphatic carbocycles. The molecule has 37 heavy (non-hydrogen) atoms. The number of nitrogens with one attached hydrogen (secondary N) is 1. The molecule has 4 aromatic rings. The first-order chi connectivity index (χ1) is 18.0. The number of H-pyrrole nitrogens is 1. The summed E-state index contributed by atoms with van der Waals surface area (Å²) in [7, 11) is 3.21. The van der Waals surface area contributed by atoms with Gasteiger partial charge in [-0.25, -0.2) is 4.39 Å². The van der Waals surface area contributed by atoms with Gasteiger partial charge in [-0.05, 0) is 66.1 Å². The number of benzene rings is 3. The zero-order valence-electron chi connectivity index (χ0n) is 21.0. The van der Waals surface area contributed by atoms with Crippen LogP contribution in [-0.2, 0) is 6.54 Å². The first-order valence-corrected chi connectivity index (χ1v) is 12.1. The van der Waals surface area contributed by atoms with Crippen LogP contribution in [0.4, 0.5) is 4.39 Å². The number of aromatic nitrogens is 2. The van der Waals surface area contributed by atoms with E-state index in [4.69, 9.17) is 14.2 Å². The van der Waals surface area contributed by atoms with Gasteiger partial charge in [-0.3, -0.25) is 9.89 Å². The summed E-state index contributed by atoms with van der Waals surface area (Å²) in [6, 6.07) is 19.0. The lowest BCUT2D eigenvalue weighted by Crippen LogP contribution is -2.29. The van der Waals surface area contributed by atoms with Gasteiger partial charge in [0.25, 0.3) is 5.91 Å². The molecule has 0 fully saturated rings. The van der Waals surface area contributed by atoms with Crippen molar-refractivity contribution < 1.29 is 23.4 Å². The average Bonchev–Trinajstić information content (AvgIpc) is 3.47. The van der Waals surface area contributed by atoms with Crippen LogP contribution in [0.1, 0.15) is 46.6 Å². The third-order valence-electron chi connectivity index (χ3n) is 6.46. The minimum atomic E-state index is -0.447. The lowest BCUT2D eigenvalue weighted by molar-refractivity contribution is 0.0730. The lowest BCUT2D eigenvalue weighted by atomic mass is 9.95. The van der Waals surface area contributed by atoms with E-state index in [0.29, 0.717) is 36.0 Å². The maximum atomic E-state index is 13.7. The highest BCUT2D eigenvalue weighted by Crippen LogP contribution is 2.45. The summed E-state index contributed by atoms with van der Waals surface area (Å²) in [5.41, 5.74) is 4.42. The van der Waals surface area contributed by atoms with Gasteiger partial charge in [0.05, 0.1) is 32.6 Å². The first kappa shape index (κ1) is 24.4. The molecule has 190 valence electrons. The van der Waals surface area contributed by atoms with Crippen LogP contribution in [0, 0.1) is 5.82 Å². The number of aromatic amines is 1. The van der Waals surface area contributed by atoms with Crippen molar-refractivity contribution in [3.63, 3.8) is 0 Å². The molecule has 3 aromatic carbocycles. The molecule has 0 bridgehead atoms. The molecule has 1 aromatic heterocycles. The molecule has 5 rings (SSSR count). The van der Waals surface area contributed by atoms with Crippen molar-refractivity contribution in [3.8, 4) is 28.5 Å². The number of methoxy groups -OCH3 is 2. The first-order valence-electron chi connectivity index (χ1n) is 12.1. The summed E-state index contributed by atoms with van der Waals surface area (Å²) in [6.07, 6.45) is 0.872. The van der Waals surface area contributed by atoms with E-state index in [9.17, 15) is 9.18 Å². The Bertz CT molecular complexity index is 1400. The van der Waals surface area contributed by atoms with Crippen LogP contribution in [0.2, 0.25) is 0 Å². The van der Waals surface area contributed by atoms with Gasteiger partial charge < -0.3 is 19.1 Å². The topological polar surface area (TPSA) is 76.7 Å². The standard InChI is InChI=1S/C29H28FN3O4/c1-4-15-37-23-14-9-20(16-24(23)36-3)28-25-26(19-7-12-22(35-2)13-8-19)31-32-27(25)29(34)33(28)17-18-5-10-21(30)11-6-18/h5-14,16,28H,4,15,17H2,1-3H3,(H,31,32). The fourth-order valence-corrected chi connectivity index (χ4v) is 4.65. The van der Waals surface area contributed by atoms with E-state index >= 15 is 0 Å². The number of amides is 1. The second kappa shape index (κ2) is 10.3. The highest BCUT2D eigenvalue weighted by Gasteiger charge is 2.42. The molecule has 1 unspecified atom stereocenters.